The maximum atomic E-state index is 11.7. The lowest BCUT2D eigenvalue weighted by atomic mass is 10.1. The zero-order valence-corrected chi connectivity index (χ0v) is 11.1. The second-order valence-electron chi connectivity index (χ2n) is 4.18. The van der Waals surface area contributed by atoms with E-state index in [4.69, 9.17) is 0 Å². The van der Waals surface area contributed by atoms with Crippen LogP contribution < -0.4 is 10.2 Å². The van der Waals surface area contributed by atoms with Crippen LogP contribution in [-0.4, -0.2) is 36.2 Å². The normalized spacial score (nSPS) is 24.6. The van der Waals surface area contributed by atoms with E-state index in [1.54, 1.807) is 0 Å². The van der Waals surface area contributed by atoms with Crippen LogP contribution in [0, 0.1) is 0 Å². The molecule has 1 amide bonds. The van der Waals surface area contributed by atoms with Crippen LogP contribution >= 0.6 is 15.9 Å². The second-order valence-corrected chi connectivity index (χ2v) is 5.10. The van der Waals surface area contributed by atoms with Crippen molar-refractivity contribution in [1.29, 1.82) is 0 Å². The number of nitrogens with zero attached hydrogens (tertiary/aromatic N) is 1. The van der Waals surface area contributed by atoms with E-state index in [9.17, 15) is 9.90 Å². The first kappa shape index (κ1) is 12.4. The Bertz CT molecular complexity index is 425. The quantitative estimate of drug-likeness (QED) is 0.861. The van der Waals surface area contributed by atoms with Gasteiger partial charge in [0.2, 0.25) is 5.91 Å². The molecule has 1 heterocycles. The minimum Gasteiger partial charge on any atom is -0.394 e. The first-order chi connectivity index (χ1) is 8.13. The summed E-state index contributed by atoms with van der Waals surface area (Å²) < 4.78 is 0.963. The van der Waals surface area contributed by atoms with Crippen molar-refractivity contribution < 1.29 is 9.90 Å². The molecular weight excluding hydrogens is 284 g/mol. The molecule has 1 aliphatic heterocycles. The summed E-state index contributed by atoms with van der Waals surface area (Å²) in [6.45, 7) is 2.45. The topological polar surface area (TPSA) is 52.6 Å². The number of aliphatic hydroxyl groups is 1. The van der Waals surface area contributed by atoms with Crippen LogP contribution in [-0.2, 0) is 4.79 Å². The fourth-order valence-electron chi connectivity index (χ4n) is 2.14. The van der Waals surface area contributed by atoms with Gasteiger partial charge in [-0.3, -0.25) is 4.79 Å². The van der Waals surface area contributed by atoms with Crippen molar-refractivity contribution in [2.24, 2.45) is 0 Å². The number of hydrogen-bond donors (Lipinski definition) is 2. The van der Waals surface area contributed by atoms with E-state index in [2.05, 4.69) is 21.2 Å². The Morgan fingerprint density at radius 3 is 3.00 bits per heavy atom. The molecule has 0 bridgehead atoms. The summed E-state index contributed by atoms with van der Waals surface area (Å²) >= 11 is 3.42. The molecule has 0 spiro atoms. The molecule has 17 heavy (non-hydrogen) atoms. The van der Waals surface area contributed by atoms with Crippen molar-refractivity contribution in [3.05, 3.63) is 28.7 Å². The molecule has 0 aromatic heterocycles. The van der Waals surface area contributed by atoms with Crippen LogP contribution in [0.25, 0.3) is 0 Å². The number of rotatable bonds is 2. The van der Waals surface area contributed by atoms with Gasteiger partial charge in [-0.1, -0.05) is 22.0 Å². The molecule has 1 saturated heterocycles. The lowest BCUT2D eigenvalue weighted by molar-refractivity contribution is -0.124. The smallest absolute Gasteiger partial charge is 0.245 e. The average molecular weight is 299 g/mol. The SMILES string of the molecule is CC1CNC(=O)C(CO)N1c1cccc(Br)c1. The first-order valence-corrected chi connectivity index (χ1v) is 6.35. The molecule has 2 N–H and O–H groups in total. The molecule has 1 aromatic carbocycles. The van der Waals surface area contributed by atoms with E-state index in [0.29, 0.717) is 6.54 Å². The fraction of sp³-hybridized carbons (Fsp3) is 0.417. The third kappa shape index (κ3) is 2.45. The maximum Gasteiger partial charge on any atom is 0.245 e. The number of carbonyl (C=O) groups is 1. The Labute approximate surface area is 109 Å². The van der Waals surface area contributed by atoms with Crippen molar-refractivity contribution in [2.75, 3.05) is 18.1 Å². The zero-order valence-electron chi connectivity index (χ0n) is 9.56. The number of carbonyl (C=O) groups excluding carboxylic acids is 1. The third-order valence-electron chi connectivity index (χ3n) is 2.96. The second kappa shape index (κ2) is 5.06. The summed E-state index contributed by atoms with van der Waals surface area (Å²) in [7, 11) is 0. The highest BCUT2D eigenvalue weighted by molar-refractivity contribution is 9.10. The summed E-state index contributed by atoms with van der Waals surface area (Å²) in [5.41, 5.74) is 0.945. The van der Waals surface area contributed by atoms with E-state index in [1.165, 1.54) is 0 Å². The summed E-state index contributed by atoms with van der Waals surface area (Å²) in [5, 5.41) is 12.2. The number of amides is 1. The Morgan fingerprint density at radius 1 is 1.59 bits per heavy atom. The summed E-state index contributed by atoms with van der Waals surface area (Å²) in [5.74, 6) is -0.120. The summed E-state index contributed by atoms with van der Waals surface area (Å²) in [6.07, 6.45) is 0. The molecule has 0 aliphatic carbocycles. The van der Waals surface area contributed by atoms with Crippen LogP contribution in [0.4, 0.5) is 5.69 Å². The maximum absolute atomic E-state index is 11.7. The number of nitrogens with one attached hydrogen (secondary N) is 1. The van der Waals surface area contributed by atoms with Crippen molar-refractivity contribution >= 4 is 27.5 Å². The lowest BCUT2D eigenvalue weighted by Crippen LogP contribution is -2.61. The number of piperazine rings is 1. The van der Waals surface area contributed by atoms with Gasteiger partial charge < -0.3 is 15.3 Å². The zero-order chi connectivity index (χ0) is 12.4. The fourth-order valence-corrected chi connectivity index (χ4v) is 2.53. The summed E-state index contributed by atoms with van der Waals surface area (Å²) in [4.78, 5) is 13.7. The van der Waals surface area contributed by atoms with Crippen LogP contribution in [0.3, 0.4) is 0 Å². The molecule has 1 aromatic rings. The molecule has 1 fully saturated rings. The standard InChI is InChI=1S/C12H15BrN2O2/c1-8-6-14-12(17)11(7-16)15(8)10-4-2-3-9(13)5-10/h2-5,8,11,16H,6-7H2,1H3,(H,14,17). The van der Waals surface area contributed by atoms with Crippen molar-refractivity contribution in [3.63, 3.8) is 0 Å². The molecule has 2 atom stereocenters. The van der Waals surface area contributed by atoms with Crippen LogP contribution in [0.5, 0.6) is 0 Å². The van der Waals surface area contributed by atoms with Crippen LogP contribution in [0.1, 0.15) is 6.92 Å². The molecular formula is C12H15BrN2O2. The van der Waals surface area contributed by atoms with Crippen molar-refractivity contribution in [3.8, 4) is 0 Å². The van der Waals surface area contributed by atoms with Gasteiger partial charge in [-0.05, 0) is 25.1 Å². The van der Waals surface area contributed by atoms with E-state index in [-0.39, 0.29) is 18.6 Å². The largest absolute Gasteiger partial charge is 0.394 e. The van der Waals surface area contributed by atoms with Gasteiger partial charge in [0.05, 0.1) is 6.61 Å². The Balaban J connectivity index is 2.35. The third-order valence-corrected chi connectivity index (χ3v) is 3.46. The van der Waals surface area contributed by atoms with Gasteiger partial charge in [-0.25, -0.2) is 0 Å². The van der Waals surface area contributed by atoms with Gasteiger partial charge in [0.1, 0.15) is 6.04 Å². The molecule has 4 nitrogen and oxygen atoms in total. The number of halogens is 1. The Hall–Kier alpha value is -1.07. The molecule has 92 valence electrons. The van der Waals surface area contributed by atoms with E-state index < -0.39 is 6.04 Å². The van der Waals surface area contributed by atoms with Gasteiger partial charge in [0, 0.05) is 22.7 Å². The number of benzene rings is 1. The van der Waals surface area contributed by atoms with Crippen molar-refractivity contribution in [2.45, 2.75) is 19.0 Å². The van der Waals surface area contributed by atoms with Gasteiger partial charge in [-0.2, -0.15) is 0 Å². The Kier molecular flexibility index (Phi) is 3.69. The predicted octanol–water partition coefficient (Wildman–Crippen LogP) is 1.13. The Morgan fingerprint density at radius 2 is 2.35 bits per heavy atom. The van der Waals surface area contributed by atoms with E-state index >= 15 is 0 Å². The lowest BCUT2D eigenvalue weighted by Gasteiger charge is -2.41. The van der Waals surface area contributed by atoms with E-state index in [1.807, 2.05) is 36.1 Å². The first-order valence-electron chi connectivity index (χ1n) is 5.56. The van der Waals surface area contributed by atoms with Gasteiger partial charge in [0.25, 0.3) is 0 Å². The van der Waals surface area contributed by atoms with Crippen LogP contribution in [0.2, 0.25) is 0 Å². The molecule has 0 radical (unpaired) electrons. The summed E-state index contributed by atoms with van der Waals surface area (Å²) in [6, 6.07) is 7.42. The molecule has 0 saturated carbocycles. The highest BCUT2D eigenvalue weighted by Gasteiger charge is 2.33. The van der Waals surface area contributed by atoms with Gasteiger partial charge in [0.15, 0.2) is 0 Å². The minimum atomic E-state index is -0.506. The molecule has 2 unspecified atom stereocenters. The van der Waals surface area contributed by atoms with Crippen LogP contribution in [0.15, 0.2) is 28.7 Å². The molecule has 2 rings (SSSR count). The highest BCUT2D eigenvalue weighted by atomic mass is 79.9. The van der Waals surface area contributed by atoms with Crippen molar-refractivity contribution in [1.82, 2.24) is 5.32 Å². The predicted molar refractivity (Wildman–Crippen MR) is 70.0 cm³/mol. The average Bonchev–Trinajstić information content (AvgIpc) is 2.31. The number of aliphatic hydroxyl groups excluding tert-OH is 1. The monoisotopic (exact) mass is 298 g/mol. The molecule has 5 heteroatoms. The number of hydrogen-bond acceptors (Lipinski definition) is 3. The minimum absolute atomic E-state index is 0.120. The van der Waals surface area contributed by atoms with E-state index in [0.717, 1.165) is 10.2 Å². The highest BCUT2D eigenvalue weighted by Crippen LogP contribution is 2.25. The molecule has 1 aliphatic rings. The number of anilines is 1. The van der Waals surface area contributed by atoms with Gasteiger partial charge >= 0.3 is 0 Å². The van der Waals surface area contributed by atoms with Gasteiger partial charge in [-0.15, -0.1) is 0 Å².